The molecule has 1 amide bonds. The minimum absolute atomic E-state index is 0.0189. The Labute approximate surface area is 118 Å². The molecule has 0 unspecified atom stereocenters. The quantitative estimate of drug-likeness (QED) is 0.898. The second kappa shape index (κ2) is 5.79. The van der Waals surface area contributed by atoms with Crippen molar-refractivity contribution < 1.29 is 19.1 Å². The Bertz CT molecular complexity index is 751. The lowest BCUT2D eigenvalue weighted by Gasteiger charge is -2.08. The molecule has 0 atom stereocenters. The molecule has 21 heavy (non-hydrogen) atoms. The molecular weight excluding hydrogens is 277 g/mol. The lowest BCUT2D eigenvalue weighted by molar-refractivity contribution is 0.0698. The van der Waals surface area contributed by atoms with Crippen LogP contribution in [0.3, 0.4) is 0 Å². The molecule has 0 radical (unpaired) electrons. The normalized spacial score (nSPS) is 9.71. The van der Waals surface area contributed by atoms with Crippen molar-refractivity contribution in [1.82, 2.24) is 4.98 Å². The number of carbonyl (C=O) groups excluding carboxylic acids is 1. The van der Waals surface area contributed by atoms with Crippen LogP contribution in [0.4, 0.5) is 10.1 Å². The zero-order valence-electron chi connectivity index (χ0n) is 10.5. The van der Waals surface area contributed by atoms with Crippen LogP contribution >= 0.6 is 0 Å². The molecule has 7 heteroatoms. The molecule has 0 fully saturated rings. The van der Waals surface area contributed by atoms with Crippen molar-refractivity contribution in [2.75, 3.05) is 5.32 Å². The van der Waals surface area contributed by atoms with E-state index in [1.807, 2.05) is 6.07 Å². The third-order valence-corrected chi connectivity index (χ3v) is 2.59. The number of benzene rings is 1. The van der Waals surface area contributed by atoms with Gasteiger partial charge in [-0.05, 0) is 30.3 Å². The van der Waals surface area contributed by atoms with Gasteiger partial charge in [0, 0.05) is 6.20 Å². The summed E-state index contributed by atoms with van der Waals surface area (Å²) in [6.07, 6.45) is 1.21. The topological polar surface area (TPSA) is 103 Å². The smallest absolute Gasteiger partial charge is 0.337 e. The summed E-state index contributed by atoms with van der Waals surface area (Å²) in [5.41, 5.74) is -0.143. The molecule has 0 aliphatic heterocycles. The van der Waals surface area contributed by atoms with Crippen LogP contribution in [0.25, 0.3) is 0 Å². The van der Waals surface area contributed by atoms with Gasteiger partial charge in [-0.3, -0.25) is 4.79 Å². The molecule has 0 saturated heterocycles. The van der Waals surface area contributed by atoms with Gasteiger partial charge in [-0.1, -0.05) is 0 Å². The fourth-order valence-corrected chi connectivity index (χ4v) is 1.59. The summed E-state index contributed by atoms with van der Waals surface area (Å²) < 4.78 is 13.2. The highest BCUT2D eigenvalue weighted by Gasteiger charge is 2.15. The number of nitriles is 1. The van der Waals surface area contributed by atoms with E-state index in [2.05, 4.69) is 10.3 Å². The Balaban J connectivity index is 2.28. The number of rotatable bonds is 3. The second-order valence-electron chi connectivity index (χ2n) is 3.99. The highest BCUT2D eigenvalue weighted by atomic mass is 19.1. The number of anilines is 1. The first-order chi connectivity index (χ1) is 10.0. The Morgan fingerprint density at radius 3 is 2.62 bits per heavy atom. The van der Waals surface area contributed by atoms with E-state index in [0.717, 1.165) is 18.2 Å². The number of halogens is 1. The zero-order chi connectivity index (χ0) is 15.4. The van der Waals surface area contributed by atoms with E-state index in [1.165, 1.54) is 18.3 Å². The van der Waals surface area contributed by atoms with E-state index < -0.39 is 17.7 Å². The van der Waals surface area contributed by atoms with Crippen LogP contribution in [-0.2, 0) is 0 Å². The lowest BCUT2D eigenvalue weighted by Crippen LogP contribution is -2.16. The SMILES string of the molecule is N#Cc1ccc(C(=O)Nc2cc(F)ccc2C(=O)O)nc1. The number of aromatic nitrogens is 1. The Morgan fingerprint density at radius 2 is 2.05 bits per heavy atom. The first-order valence-corrected chi connectivity index (χ1v) is 5.71. The molecule has 2 aromatic rings. The summed E-state index contributed by atoms with van der Waals surface area (Å²) in [5.74, 6) is -2.67. The number of aromatic carboxylic acids is 1. The molecule has 2 N–H and O–H groups in total. The van der Waals surface area contributed by atoms with Gasteiger partial charge in [-0.2, -0.15) is 5.26 Å². The van der Waals surface area contributed by atoms with Crippen LogP contribution in [0.1, 0.15) is 26.4 Å². The molecule has 0 aliphatic rings. The van der Waals surface area contributed by atoms with E-state index in [4.69, 9.17) is 10.4 Å². The largest absolute Gasteiger partial charge is 0.478 e. The number of carboxylic acids is 1. The molecule has 0 bridgehead atoms. The molecule has 0 saturated carbocycles. The van der Waals surface area contributed by atoms with Gasteiger partial charge >= 0.3 is 5.97 Å². The first kappa shape index (κ1) is 14.1. The highest BCUT2D eigenvalue weighted by Crippen LogP contribution is 2.18. The van der Waals surface area contributed by atoms with Crippen LogP contribution in [0.15, 0.2) is 36.5 Å². The van der Waals surface area contributed by atoms with Gasteiger partial charge in [0.05, 0.1) is 16.8 Å². The molecule has 104 valence electrons. The van der Waals surface area contributed by atoms with Crippen LogP contribution in [0.5, 0.6) is 0 Å². The standard InChI is InChI=1S/C14H8FN3O3/c15-9-2-3-10(14(20)21)12(5-9)18-13(19)11-4-1-8(6-16)7-17-11/h1-5,7H,(H,18,19)(H,20,21). The number of nitrogens with one attached hydrogen (secondary N) is 1. The predicted octanol–water partition coefficient (Wildman–Crippen LogP) is 2.04. The Kier molecular flexibility index (Phi) is 3.90. The monoisotopic (exact) mass is 285 g/mol. The molecule has 1 aromatic carbocycles. The van der Waals surface area contributed by atoms with Crippen LogP contribution < -0.4 is 5.32 Å². The molecule has 6 nitrogen and oxygen atoms in total. The van der Waals surface area contributed by atoms with Crippen molar-refractivity contribution in [3.05, 3.63) is 59.2 Å². The molecule has 0 aliphatic carbocycles. The van der Waals surface area contributed by atoms with E-state index >= 15 is 0 Å². The average molecular weight is 285 g/mol. The maximum absolute atomic E-state index is 13.2. The summed E-state index contributed by atoms with van der Waals surface area (Å²) in [4.78, 5) is 26.7. The predicted molar refractivity (Wildman–Crippen MR) is 70.3 cm³/mol. The summed E-state index contributed by atoms with van der Waals surface area (Å²) in [5, 5.41) is 19.9. The summed E-state index contributed by atoms with van der Waals surface area (Å²) >= 11 is 0. The number of pyridine rings is 1. The number of amides is 1. The number of hydrogen-bond acceptors (Lipinski definition) is 4. The van der Waals surface area contributed by atoms with E-state index in [-0.39, 0.29) is 22.5 Å². The lowest BCUT2D eigenvalue weighted by atomic mass is 10.1. The molecule has 1 aromatic heterocycles. The van der Waals surface area contributed by atoms with Crippen molar-refractivity contribution >= 4 is 17.6 Å². The third-order valence-electron chi connectivity index (χ3n) is 2.59. The second-order valence-corrected chi connectivity index (χ2v) is 3.99. The van der Waals surface area contributed by atoms with Crippen molar-refractivity contribution in [1.29, 1.82) is 5.26 Å². The molecule has 0 spiro atoms. The third kappa shape index (κ3) is 3.19. The highest BCUT2D eigenvalue weighted by molar-refractivity contribution is 6.06. The minimum Gasteiger partial charge on any atom is -0.478 e. The van der Waals surface area contributed by atoms with Crippen molar-refractivity contribution in [2.24, 2.45) is 0 Å². The maximum Gasteiger partial charge on any atom is 0.337 e. The van der Waals surface area contributed by atoms with Crippen molar-refractivity contribution in [3.63, 3.8) is 0 Å². The summed E-state index contributed by atoms with van der Waals surface area (Å²) in [7, 11) is 0. The van der Waals surface area contributed by atoms with Gasteiger partial charge in [0.25, 0.3) is 5.91 Å². The Hall–Kier alpha value is -3.27. The Morgan fingerprint density at radius 1 is 1.29 bits per heavy atom. The van der Waals surface area contributed by atoms with Gasteiger partial charge in [0.2, 0.25) is 0 Å². The van der Waals surface area contributed by atoms with E-state index in [1.54, 1.807) is 0 Å². The van der Waals surface area contributed by atoms with Crippen LogP contribution in [0.2, 0.25) is 0 Å². The van der Waals surface area contributed by atoms with Gasteiger partial charge in [0.15, 0.2) is 0 Å². The van der Waals surface area contributed by atoms with Crippen LogP contribution in [0, 0.1) is 17.1 Å². The van der Waals surface area contributed by atoms with E-state index in [0.29, 0.717) is 0 Å². The number of carboxylic acid groups (broad SMARTS) is 1. The fourth-order valence-electron chi connectivity index (χ4n) is 1.59. The summed E-state index contributed by atoms with van der Waals surface area (Å²) in [6, 6.07) is 7.51. The zero-order valence-corrected chi connectivity index (χ0v) is 10.5. The van der Waals surface area contributed by atoms with Gasteiger partial charge in [-0.25, -0.2) is 14.2 Å². The van der Waals surface area contributed by atoms with Crippen molar-refractivity contribution in [3.8, 4) is 6.07 Å². The first-order valence-electron chi connectivity index (χ1n) is 5.71. The number of hydrogen-bond donors (Lipinski definition) is 2. The van der Waals surface area contributed by atoms with Gasteiger partial charge in [0.1, 0.15) is 17.6 Å². The van der Waals surface area contributed by atoms with Crippen molar-refractivity contribution in [2.45, 2.75) is 0 Å². The summed E-state index contributed by atoms with van der Waals surface area (Å²) in [6.45, 7) is 0. The van der Waals surface area contributed by atoms with Crippen LogP contribution in [-0.4, -0.2) is 22.0 Å². The maximum atomic E-state index is 13.2. The minimum atomic E-state index is -1.29. The van der Waals surface area contributed by atoms with E-state index in [9.17, 15) is 14.0 Å². The molecule has 1 heterocycles. The average Bonchev–Trinajstić information content (AvgIpc) is 2.47. The van der Waals surface area contributed by atoms with Gasteiger partial charge in [-0.15, -0.1) is 0 Å². The number of nitrogens with zero attached hydrogens (tertiary/aromatic N) is 2. The number of carbonyl (C=O) groups is 2. The molecule has 2 rings (SSSR count). The van der Waals surface area contributed by atoms with Gasteiger partial charge < -0.3 is 10.4 Å². The fraction of sp³-hybridized carbons (Fsp3) is 0. The molecular formula is C14H8FN3O3.